The summed E-state index contributed by atoms with van der Waals surface area (Å²) in [5.74, 6) is -2.21. The number of hydrogen-bond donors (Lipinski definition) is 1. The van der Waals surface area contributed by atoms with E-state index in [1.54, 1.807) is 38.1 Å². The van der Waals surface area contributed by atoms with E-state index in [1.165, 1.54) is 0 Å². The predicted octanol–water partition coefficient (Wildman–Crippen LogP) is 2.23. The summed E-state index contributed by atoms with van der Waals surface area (Å²) in [5.41, 5.74) is 0.568. The SMILES string of the molecule is C[C@H](C(=O)c1ccccc1)[C@@H](C)C(=O)O. The minimum absolute atomic E-state index is 0.120. The first-order valence-electron chi connectivity index (χ1n) is 4.86. The van der Waals surface area contributed by atoms with Crippen molar-refractivity contribution in [3.8, 4) is 0 Å². The standard InChI is InChI=1S/C12H14O3/c1-8(9(2)12(14)15)11(13)10-6-4-3-5-7-10/h3-9H,1-2H3,(H,14,15)/t8-,9+/m0/s1. The Bertz CT molecular complexity index is 356. The average molecular weight is 206 g/mol. The lowest BCUT2D eigenvalue weighted by molar-refractivity contribution is -0.142. The Labute approximate surface area is 88.7 Å². The fraction of sp³-hybridized carbons (Fsp3) is 0.333. The maximum Gasteiger partial charge on any atom is 0.306 e. The van der Waals surface area contributed by atoms with E-state index < -0.39 is 17.8 Å². The van der Waals surface area contributed by atoms with Crippen molar-refractivity contribution in [2.24, 2.45) is 11.8 Å². The van der Waals surface area contributed by atoms with Crippen LogP contribution in [0.15, 0.2) is 30.3 Å². The Morgan fingerprint density at radius 2 is 1.60 bits per heavy atom. The molecule has 0 aliphatic carbocycles. The molecule has 3 heteroatoms. The normalized spacial score (nSPS) is 14.3. The van der Waals surface area contributed by atoms with Crippen LogP contribution in [0.25, 0.3) is 0 Å². The van der Waals surface area contributed by atoms with Gasteiger partial charge in [-0.1, -0.05) is 44.2 Å². The highest BCUT2D eigenvalue weighted by molar-refractivity contribution is 5.99. The van der Waals surface area contributed by atoms with Gasteiger partial charge >= 0.3 is 5.97 Å². The molecule has 0 heterocycles. The van der Waals surface area contributed by atoms with E-state index in [0.29, 0.717) is 5.56 Å². The van der Waals surface area contributed by atoms with Crippen molar-refractivity contribution in [3.05, 3.63) is 35.9 Å². The number of benzene rings is 1. The molecule has 0 aliphatic heterocycles. The molecular weight excluding hydrogens is 192 g/mol. The lowest BCUT2D eigenvalue weighted by Gasteiger charge is -2.14. The molecule has 0 radical (unpaired) electrons. The number of aliphatic carboxylic acids is 1. The molecule has 2 atom stereocenters. The Morgan fingerprint density at radius 3 is 2.07 bits per heavy atom. The number of hydrogen-bond acceptors (Lipinski definition) is 2. The van der Waals surface area contributed by atoms with Crippen molar-refractivity contribution in [2.75, 3.05) is 0 Å². The molecule has 0 aliphatic rings. The fourth-order valence-electron chi connectivity index (χ4n) is 1.31. The second-order valence-corrected chi connectivity index (χ2v) is 3.65. The maximum absolute atomic E-state index is 11.8. The molecule has 1 rings (SSSR count). The molecule has 1 aromatic rings. The Balaban J connectivity index is 2.82. The Hall–Kier alpha value is -1.64. The number of carboxylic acids is 1. The fourth-order valence-corrected chi connectivity index (χ4v) is 1.31. The molecule has 80 valence electrons. The van der Waals surface area contributed by atoms with Gasteiger partial charge in [0.25, 0.3) is 0 Å². The van der Waals surface area contributed by atoms with Crippen LogP contribution in [0.4, 0.5) is 0 Å². The number of carbonyl (C=O) groups excluding carboxylic acids is 1. The molecule has 0 unspecified atom stereocenters. The topological polar surface area (TPSA) is 54.4 Å². The third kappa shape index (κ3) is 2.65. The molecule has 15 heavy (non-hydrogen) atoms. The lowest BCUT2D eigenvalue weighted by atomic mass is 9.88. The van der Waals surface area contributed by atoms with Crippen molar-refractivity contribution in [2.45, 2.75) is 13.8 Å². The van der Waals surface area contributed by atoms with E-state index in [0.717, 1.165) is 0 Å². The molecule has 0 amide bonds. The van der Waals surface area contributed by atoms with Gasteiger partial charge in [0, 0.05) is 11.5 Å². The highest BCUT2D eigenvalue weighted by Gasteiger charge is 2.26. The van der Waals surface area contributed by atoms with Crippen molar-refractivity contribution >= 4 is 11.8 Å². The van der Waals surface area contributed by atoms with Crippen LogP contribution in [0.3, 0.4) is 0 Å². The average Bonchev–Trinajstić information content (AvgIpc) is 2.27. The van der Waals surface area contributed by atoms with Gasteiger partial charge in [-0.05, 0) is 0 Å². The number of Topliss-reactive ketones (excluding diaryl/α,β-unsaturated/α-hetero) is 1. The van der Waals surface area contributed by atoms with E-state index in [2.05, 4.69) is 0 Å². The summed E-state index contributed by atoms with van der Waals surface area (Å²) in [4.78, 5) is 22.6. The molecule has 3 nitrogen and oxygen atoms in total. The number of carbonyl (C=O) groups is 2. The summed E-state index contributed by atoms with van der Waals surface area (Å²) >= 11 is 0. The summed E-state index contributed by atoms with van der Waals surface area (Å²) in [6.45, 7) is 3.20. The first-order valence-corrected chi connectivity index (χ1v) is 4.86. The predicted molar refractivity (Wildman–Crippen MR) is 56.7 cm³/mol. The highest BCUT2D eigenvalue weighted by Crippen LogP contribution is 2.17. The summed E-state index contributed by atoms with van der Waals surface area (Å²) in [5, 5.41) is 8.80. The number of carboxylic acid groups (broad SMARTS) is 1. The number of rotatable bonds is 4. The molecule has 0 spiro atoms. The van der Waals surface area contributed by atoms with Gasteiger partial charge in [0.15, 0.2) is 5.78 Å². The second kappa shape index (κ2) is 4.73. The largest absolute Gasteiger partial charge is 0.481 e. The molecule has 0 saturated carbocycles. The Kier molecular flexibility index (Phi) is 3.61. The van der Waals surface area contributed by atoms with Crippen LogP contribution < -0.4 is 0 Å². The van der Waals surface area contributed by atoms with Gasteiger partial charge in [-0.15, -0.1) is 0 Å². The van der Waals surface area contributed by atoms with Crippen LogP contribution in [0.5, 0.6) is 0 Å². The maximum atomic E-state index is 11.8. The van der Waals surface area contributed by atoms with Gasteiger partial charge < -0.3 is 5.11 Å². The molecule has 0 bridgehead atoms. The summed E-state index contributed by atoms with van der Waals surface area (Å²) < 4.78 is 0. The van der Waals surface area contributed by atoms with E-state index in [1.807, 2.05) is 6.07 Å². The van der Waals surface area contributed by atoms with Crippen LogP contribution in [-0.2, 0) is 4.79 Å². The van der Waals surface area contributed by atoms with Crippen LogP contribution >= 0.6 is 0 Å². The van der Waals surface area contributed by atoms with Gasteiger partial charge in [-0.25, -0.2) is 0 Å². The smallest absolute Gasteiger partial charge is 0.306 e. The van der Waals surface area contributed by atoms with Crippen molar-refractivity contribution < 1.29 is 14.7 Å². The van der Waals surface area contributed by atoms with Gasteiger partial charge in [0.1, 0.15) is 0 Å². The van der Waals surface area contributed by atoms with Crippen LogP contribution in [0.2, 0.25) is 0 Å². The molecule has 0 saturated heterocycles. The van der Waals surface area contributed by atoms with Gasteiger partial charge in [-0.3, -0.25) is 9.59 Å². The third-order valence-electron chi connectivity index (χ3n) is 2.61. The first-order chi connectivity index (χ1) is 7.04. The molecule has 1 N–H and O–H groups in total. The van der Waals surface area contributed by atoms with E-state index in [-0.39, 0.29) is 5.78 Å². The Morgan fingerprint density at radius 1 is 1.07 bits per heavy atom. The summed E-state index contributed by atoms with van der Waals surface area (Å²) in [6, 6.07) is 8.76. The second-order valence-electron chi connectivity index (χ2n) is 3.65. The van der Waals surface area contributed by atoms with Crippen molar-refractivity contribution in [3.63, 3.8) is 0 Å². The zero-order valence-corrected chi connectivity index (χ0v) is 8.81. The van der Waals surface area contributed by atoms with Gasteiger partial charge in [-0.2, -0.15) is 0 Å². The minimum Gasteiger partial charge on any atom is -0.481 e. The zero-order valence-electron chi connectivity index (χ0n) is 8.81. The zero-order chi connectivity index (χ0) is 11.4. The molecule has 1 aromatic carbocycles. The van der Waals surface area contributed by atoms with Gasteiger partial charge in [0.05, 0.1) is 5.92 Å². The van der Waals surface area contributed by atoms with Crippen molar-refractivity contribution in [1.82, 2.24) is 0 Å². The molecule has 0 aromatic heterocycles. The van der Waals surface area contributed by atoms with E-state index >= 15 is 0 Å². The first kappa shape index (κ1) is 11.4. The van der Waals surface area contributed by atoms with E-state index in [4.69, 9.17) is 5.11 Å². The van der Waals surface area contributed by atoms with Crippen LogP contribution in [0.1, 0.15) is 24.2 Å². The van der Waals surface area contributed by atoms with Crippen LogP contribution in [0, 0.1) is 11.8 Å². The van der Waals surface area contributed by atoms with E-state index in [9.17, 15) is 9.59 Å². The lowest BCUT2D eigenvalue weighted by Crippen LogP contribution is -2.25. The van der Waals surface area contributed by atoms with Crippen molar-refractivity contribution in [1.29, 1.82) is 0 Å². The third-order valence-corrected chi connectivity index (χ3v) is 2.61. The number of ketones is 1. The summed E-state index contributed by atoms with van der Waals surface area (Å²) in [6.07, 6.45) is 0. The van der Waals surface area contributed by atoms with Gasteiger partial charge in [0.2, 0.25) is 0 Å². The highest BCUT2D eigenvalue weighted by atomic mass is 16.4. The quantitative estimate of drug-likeness (QED) is 0.768. The molecular formula is C12H14O3. The monoisotopic (exact) mass is 206 g/mol. The summed E-state index contributed by atoms with van der Waals surface area (Å²) in [7, 11) is 0. The molecule has 0 fully saturated rings. The van der Waals surface area contributed by atoms with Crippen LogP contribution in [-0.4, -0.2) is 16.9 Å². The minimum atomic E-state index is -0.938.